The first kappa shape index (κ1) is 19.3. The topological polar surface area (TPSA) is 81.3 Å². The molecule has 0 atom stereocenters. The Bertz CT molecular complexity index is 1040. The number of pyridine rings is 1. The Kier molecular flexibility index (Phi) is 5.04. The number of ether oxygens (including phenoxy) is 1. The van der Waals surface area contributed by atoms with Crippen LogP contribution in [-0.2, 0) is 6.54 Å². The first-order chi connectivity index (χ1) is 13.2. The molecule has 3 rings (SSSR count). The quantitative estimate of drug-likeness (QED) is 0.695. The van der Waals surface area contributed by atoms with Crippen LogP contribution < -0.4 is 15.7 Å². The smallest absolute Gasteiger partial charge is 0.493 e. The van der Waals surface area contributed by atoms with Crippen molar-refractivity contribution in [3.05, 3.63) is 64.3 Å². The third kappa shape index (κ3) is 3.95. The van der Waals surface area contributed by atoms with Crippen molar-refractivity contribution >= 4 is 5.82 Å². The Morgan fingerprint density at radius 2 is 1.89 bits per heavy atom. The minimum absolute atomic E-state index is 0.192. The number of rotatable bonds is 5. The lowest BCUT2D eigenvalue weighted by Gasteiger charge is -2.09. The van der Waals surface area contributed by atoms with E-state index in [-0.39, 0.29) is 18.1 Å². The van der Waals surface area contributed by atoms with Crippen molar-refractivity contribution < 1.29 is 23.0 Å². The van der Waals surface area contributed by atoms with Gasteiger partial charge in [0.1, 0.15) is 11.6 Å². The van der Waals surface area contributed by atoms with Crippen molar-refractivity contribution in [1.82, 2.24) is 14.1 Å². The molecule has 2 N–H and O–H groups in total. The zero-order valence-electron chi connectivity index (χ0n) is 15.0. The summed E-state index contributed by atoms with van der Waals surface area (Å²) in [7, 11) is 1.72. The van der Waals surface area contributed by atoms with Gasteiger partial charge in [0.15, 0.2) is 0 Å². The number of halogens is 3. The summed E-state index contributed by atoms with van der Waals surface area (Å²) in [6.07, 6.45) is -3.21. The summed E-state index contributed by atoms with van der Waals surface area (Å²) >= 11 is 0. The Hall–Kier alpha value is -3.43. The zero-order chi connectivity index (χ0) is 20.5. The Balaban J connectivity index is 1.95. The molecule has 0 bridgehead atoms. The van der Waals surface area contributed by atoms with Crippen molar-refractivity contribution in [3.63, 3.8) is 0 Å². The zero-order valence-corrected chi connectivity index (χ0v) is 15.0. The molecule has 10 heteroatoms. The molecule has 2 aromatic heterocycles. The van der Waals surface area contributed by atoms with Gasteiger partial charge in [-0.1, -0.05) is 0 Å². The first-order valence-electron chi connectivity index (χ1n) is 8.19. The molecule has 28 heavy (non-hydrogen) atoms. The van der Waals surface area contributed by atoms with E-state index in [0.29, 0.717) is 11.5 Å². The maximum atomic E-state index is 12.8. The van der Waals surface area contributed by atoms with Crippen LogP contribution in [0.5, 0.6) is 11.6 Å². The molecule has 0 aliphatic heterocycles. The molecule has 0 aliphatic rings. The molecule has 0 radical (unpaired) electrons. The van der Waals surface area contributed by atoms with E-state index in [1.54, 1.807) is 32.3 Å². The number of nitrogens with one attached hydrogen (secondary N) is 1. The monoisotopic (exact) mass is 394 g/mol. The third-order valence-electron chi connectivity index (χ3n) is 4.11. The molecule has 0 amide bonds. The first-order valence-corrected chi connectivity index (χ1v) is 8.19. The predicted molar refractivity (Wildman–Crippen MR) is 96.0 cm³/mol. The summed E-state index contributed by atoms with van der Waals surface area (Å²) in [5, 5.41) is 13.3. The van der Waals surface area contributed by atoms with Gasteiger partial charge in [-0.05, 0) is 48.9 Å². The number of alkyl halides is 3. The minimum atomic E-state index is -4.81. The molecule has 7 nitrogen and oxygen atoms in total. The van der Waals surface area contributed by atoms with Crippen LogP contribution in [0, 0.1) is 6.92 Å². The number of nitrogens with zero attached hydrogens (tertiary/aromatic N) is 3. The van der Waals surface area contributed by atoms with Gasteiger partial charge in [0, 0.05) is 13.2 Å². The van der Waals surface area contributed by atoms with Gasteiger partial charge in [0.25, 0.3) is 0 Å². The number of aromatic nitrogens is 3. The summed E-state index contributed by atoms with van der Waals surface area (Å²) in [6.45, 7) is 1.77. The van der Waals surface area contributed by atoms with Crippen LogP contribution in [0.15, 0.2) is 47.4 Å². The van der Waals surface area contributed by atoms with E-state index in [1.165, 1.54) is 16.7 Å². The second-order valence-corrected chi connectivity index (χ2v) is 5.95. The number of hydrogen-bond acceptors (Lipinski definition) is 5. The molecule has 0 fully saturated rings. The number of aromatic hydroxyl groups is 1. The maximum absolute atomic E-state index is 12.8. The highest BCUT2D eigenvalue weighted by atomic mass is 19.4. The van der Waals surface area contributed by atoms with E-state index in [9.17, 15) is 23.1 Å². The maximum Gasteiger partial charge on any atom is 0.573 e. The summed E-state index contributed by atoms with van der Waals surface area (Å²) in [5.41, 5.74) is 0.797. The molecule has 148 valence electrons. The van der Waals surface area contributed by atoms with Crippen molar-refractivity contribution in [2.45, 2.75) is 19.8 Å². The van der Waals surface area contributed by atoms with E-state index < -0.39 is 17.8 Å². The van der Waals surface area contributed by atoms with Crippen LogP contribution in [0.3, 0.4) is 0 Å². The molecule has 0 unspecified atom stereocenters. The van der Waals surface area contributed by atoms with Gasteiger partial charge in [0.05, 0.1) is 17.9 Å². The van der Waals surface area contributed by atoms with Crippen LogP contribution in [0.2, 0.25) is 0 Å². The summed E-state index contributed by atoms with van der Waals surface area (Å²) in [5.74, 6) is -0.0826. The Morgan fingerprint density at radius 3 is 2.50 bits per heavy atom. The molecular formula is C18H17F3N4O3. The van der Waals surface area contributed by atoms with Gasteiger partial charge >= 0.3 is 12.1 Å². The number of anilines is 1. The Labute approximate surface area is 157 Å². The van der Waals surface area contributed by atoms with Gasteiger partial charge in [-0.2, -0.15) is 0 Å². The summed E-state index contributed by atoms with van der Waals surface area (Å²) in [4.78, 5) is 16.9. The van der Waals surface area contributed by atoms with E-state index in [2.05, 4.69) is 15.0 Å². The third-order valence-corrected chi connectivity index (χ3v) is 4.11. The lowest BCUT2D eigenvalue weighted by molar-refractivity contribution is -0.274. The average molecular weight is 394 g/mol. The second-order valence-electron chi connectivity index (χ2n) is 5.95. The lowest BCUT2D eigenvalue weighted by atomic mass is 10.2. The Morgan fingerprint density at radius 1 is 1.21 bits per heavy atom. The number of benzene rings is 1. The van der Waals surface area contributed by atoms with Crippen molar-refractivity contribution in [2.24, 2.45) is 0 Å². The molecule has 3 aromatic rings. The summed E-state index contributed by atoms with van der Waals surface area (Å²) < 4.78 is 43.0. The van der Waals surface area contributed by atoms with Gasteiger partial charge in [-0.3, -0.25) is 4.57 Å². The molecular weight excluding hydrogens is 377 g/mol. The highest BCUT2D eigenvalue weighted by Crippen LogP contribution is 2.26. The predicted octanol–water partition coefficient (Wildman–Crippen LogP) is 3.04. The molecule has 1 aromatic carbocycles. The van der Waals surface area contributed by atoms with Crippen LogP contribution in [0.4, 0.5) is 19.0 Å². The van der Waals surface area contributed by atoms with E-state index in [0.717, 1.165) is 22.3 Å². The van der Waals surface area contributed by atoms with E-state index in [1.807, 2.05) is 0 Å². The van der Waals surface area contributed by atoms with Crippen LogP contribution in [0.25, 0.3) is 5.69 Å². The molecule has 0 spiro atoms. The van der Waals surface area contributed by atoms with Crippen LogP contribution in [0.1, 0.15) is 11.3 Å². The van der Waals surface area contributed by atoms with Crippen molar-refractivity contribution in [1.29, 1.82) is 0 Å². The van der Waals surface area contributed by atoms with Crippen LogP contribution >= 0.6 is 0 Å². The fourth-order valence-electron chi connectivity index (χ4n) is 2.75. The molecule has 0 saturated heterocycles. The molecule has 0 aliphatic carbocycles. The number of hydrogen-bond donors (Lipinski definition) is 2. The normalized spacial score (nSPS) is 11.5. The van der Waals surface area contributed by atoms with Gasteiger partial charge in [-0.15, -0.1) is 13.2 Å². The highest BCUT2D eigenvalue weighted by molar-refractivity contribution is 5.42. The van der Waals surface area contributed by atoms with Gasteiger partial charge in [0.2, 0.25) is 5.88 Å². The highest BCUT2D eigenvalue weighted by Gasteiger charge is 2.31. The van der Waals surface area contributed by atoms with Crippen LogP contribution in [-0.4, -0.2) is 32.6 Å². The SMILES string of the molecule is CNc1cc(Cn2c(C)c(O)n(-c3ccc(OC(F)(F)F)cc3)c2=O)ccn1. The minimum Gasteiger partial charge on any atom is -0.493 e. The van der Waals surface area contributed by atoms with E-state index in [4.69, 9.17) is 0 Å². The fraction of sp³-hybridized carbons (Fsp3) is 0.222. The number of imidazole rings is 1. The van der Waals surface area contributed by atoms with E-state index >= 15 is 0 Å². The largest absolute Gasteiger partial charge is 0.573 e. The summed E-state index contributed by atoms with van der Waals surface area (Å²) in [6, 6.07) is 8.18. The molecule has 2 heterocycles. The van der Waals surface area contributed by atoms with Gasteiger partial charge < -0.3 is 15.2 Å². The average Bonchev–Trinajstić information content (AvgIpc) is 2.85. The second kappa shape index (κ2) is 7.29. The lowest BCUT2D eigenvalue weighted by Crippen LogP contribution is -2.24. The van der Waals surface area contributed by atoms with Crippen molar-refractivity contribution in [2.75, 3.05) is 12.4 Å². The van der Waals surface area contributed by atoms with Crippen molar-refractivity contribution in [3.8, 4) is 17.3 Å². The standard InChI is InChI=1S/C18H17F3N4O3/c1-11-16(26)25(13-3-5-14(6-4-13)28-18(19,20)21)17(27)24(11)10-12-7-8-23-15(9-12)22-2/h3-9,26H,10H2,1-2H3,(H,22,23). The fourth-order valence-corrected chi connectivity index (χ4v) is 2.75. The van der Waals surface area contributed by atoms with Gasteiger partial charge in [-0.25, -0.2) is 14.3 Å². The molecule has 0 saturated carbocycles.